The predicted molar refractivity (Wildman–Crippen MR) is 78.2 cm³/mol. The minimum atomic E-state index is -0.948. The summed E-state index contributed by atoms with van der Waals surface area (Å²) >= 11 is 0. The fourth-order valence-electron chi connectivity index (χ4n) is 3.53. The molecule has 2 aliphatic heterocycles. The highest BCUT2D eigenvalue weighted by Gasteiger charge is 2.50. The van der Waals surface area contributed by atoms with Crippen LogP contribution in [0.3, 0.4) is 0 Å². The third-order valence-electron chi connectivity index (χ3n) is 4.72. The quantitative estimate of drug-likeness (QED) is 0.869. The van der Waals surface area contributed by atoms with Gasteiger partial charge in [-0.3, -0.25) is 4.79 Å². The minimum absolute atomic E-state index is 0.0142. The summed E-state index contributed by atoms with van der Waals surface area (Å²) in [6, 6.07) is 7.12. The van der Waals surface area contributed by atoms with Gasteiger partial charge in [0, 0.05) is 32.5 Å². The molecule has 1 amide bonds. The van der Waals surface area contributed by atoms with E-state index < -0.39 is 17.6 Å². The number of ketones is 1. The van der Waals surface area contributed by atoms with E-state index in [2.05, 4.69) is 0 Å². The zero-order valence-corrected chi connectivity index (χ0v) is 12.2. The van der Waals surface area contributed by atoms with Crippen LogP contribution in [0.2, 0.25) is 0 Å². The van der Waals surface area contributed by atoms with Crippen LogP contribution in [0.5, 0.6) is 5.75 Å². The average molecular weight is 305 g/mol. The molecule has 1 spiro atoms. The van der Waals surface area contributed by atoms with E-state index in [1.165, 1.54) is 4.90 Å². The molecule has 1 aromatic carbocycles. The lowest BCUT2D eigenvalue weighted by molar-refractivity contribution is -0.0455. The van der Waals surface area contributed by atoms with Gasteiger partial charge in [0.05, 0.1) is 11.5 Å². The fraction of sp³-hybridized carbons (Fsp3) is 0.500. The number of carbonyl (C=O) groups excluding carboxylic acids is 1. The maximum atomic E-state index is 12.8. The van der Waals surface area contributed by atoms with Crippen LogP contribution < -0.4 is 4.74 Å². The van der Waals surface area contributed by atoms with Gasteiger partial charge >= 0.3 is 6.09 Å². The van der Waals surface area contributed by atoms with E-state index in [9.17, 15) is 14.7 Å². The van der Waals surface area contributed by atoms with Crippen LogP contribution in [0.1, 0.15) is 29.6 Å². The highest BCUT2D eigenvalue weighted by Crippen LogP contribution is 2.44. The molecule has 2 aliphatic rings. The van der Waals surface area contributed by atoms with E-state index in [-0.39, 0.29) is 12.4 Å². The van der Waals surface area contributed by atoms with Crippen LogP contribution in [-0.2, 0) is 0 Å². The van der Waals surface area contributed by atoms with Crippen molar-refractivity contribution in [3.63, 3.8) is 0 Å². The number of para-hydroxylation sites is 1. The molecule has 2 heterocycles. The molecule has 0 saturated carbocycles. The number of ether oxygens (including phenoxy) is 1. The van der Waals surface area contributed by atoms with Crippen LogP contribution in [0.25, 0.3) is 0 Å². The monoisotopic (exact) mass is 305 g/mol. The van der Waals surface area contributed by atoms with Crippen molar-refractivity contribution in [3.05, 3.63) is 29.8 Å². The number of piperidine rings is 1. The molecule has 6 heteroatoms. The number of nitrogens with zero attached hydrogens (tertiary/aromatic N) is 1. The lowest BCUT2D eigenvalue weighted by Crippen LogP contribution is -2.57. The first-order valence-electron chi connectivity index (χ1n) is 7.48. The Labute approximate surface area is 128 Å². The van der Waals surface area contributed by atoms with E-state index in [4.69, 9.17) is 9.84 Å². The van der Waals surface area contributed by atoms with Crippen LogP contribution in [0.4, 0.5) is 4.79 Å². The molecule has 1 aromatic rings. The number of Topliss-reactive ketones (excluding diaryl/α,β-unsaturated/α-hetero) is 1. The van der Waals surface area contributed by atoms with Gasteiger partial charge in [-0.1, -0.05) is 12.1 Å². The van der Waals surface area contributed by atoms with Crippen LogP contribution in [0.15, 0.2) is 24.3 Å². The smallest absolute Gasteiger partial charge is 0.407 e. The Morgan fingerprint density at radius 2 is 2.00 bits per heavy atom. The predicted octanol–water partition coefficient (Wildman–Crippen LogP) is 1.77. The summed E-state index contributed by atoms with van der Waals surface area (Å²) < 4.78 is 6.17. The number of benzene rings is 1. The fourth-order valence-corrected chi connectivity index (χ4v) is 3.53. The summed E-state index contributed by atoms with van der Waals surface area (Å²) in [6.07, 6.45) is 0.310. The third kappa shape index (κ3) is 2.33. The number of hydrogen-bond acceptors (Lipinski definition) is 4. The van der Waals surface area contributed by atoms with Crippen LogP contribution in [-0.4, -0.2) is 52.3 Å². The van der Waals surface area contributed by atoms with Gasteiger partial charge in [0.25, 0.3) is 0 Å². The highest BCUT2D eigenvalue weighted by atomic mass is 16.5. The maximum absolute atomic E-state index is 12.8. The van der Waals surface area contributed by atoms with Gasteiger partial charge in [0.2, 0.25) is 0 Å². The number of fused-ring (bicyclic) bond motifs is 1. The molecule has 1 saturated heterocycles. The van der Waals surface area contributed by atoms with E-state index in [1.54, 1.807) is 18.2 Å². The first kappa shape index (κ1) is 14.8. The van der Waals surface area contributed by atoms with E-state index in [0.29, 0.717) is 43.7 Å². The number of hydrogen-bond donors (Lipinski definition) is 2. The van der Waals surface area contributed by atoms with Crippen molar-refractivity contribution in [2.24, 2.45) is 5.92 Å². The van der Waals surface area contributed by atoms with Crippen molar-refractivity contribution in [2.75, 3.05) is 19.7 Å². The van der Waals surface area contributed by atoms with Gasteiger partial charge in [-0.15, -0.1) is 0 Å². The van der Waals surface area contributed by atoms with Gasteiger partial charge in [0.15, 0.2) is 5.78 Å². The third-order valence-corrected chi connectivity index (χ3v) is 4.72. The number of amides is 1. The molecular formula is C16H19NO5. The molecule has 1 fully saturated rings. The van der Waals surface area contributed by atoms with Crippen molar-refractivity contribution in [3.8, 4) is 5.75 Å². The Hall–Kier alpha value is -2.08. The molecule has 6 nitrogen and oxygen atoms in total. The Bertz CT molecular complexity index is 592. The summed E-state index contributed by atoms with van der Waals surface area (Å²) in [4.78, 5) is 25.2. The van der Waals surface area contributed by atoms with Crippen LogP contribution >= 0.6 is 0 Å². The van der Waals surface area contributed by atoms with Gasteiger partial charge in [-0.25, -0.2) is 4.79 Å². The van der Waals surface area contributed by atoms with Gasteiger partial charge in [-0.05, 0) is 18.6 Å². The van der Waals surface area contributed by atoms with Crippen molar-refractivity contribution in [1.82, 2.24) is 4.90 Å². The molecule has 0 bridgehead atoms. The van der Waals surface area contributed by atoms with E-state index in [0.717, 1.165) is 0 Å². The van der Waals surface area contributed by atoms with Crippen molar-refractivity contribution >= 4 is 11.9 Å². The lowest BCUT2D eigenvalue weighted by atomic mass is 9.72. The molecule has 0 aliphatic carbocycles. The largest absolute Gasteiger partial charge is 0.486 e. The molecule has 3 rings (SSSR count). The van der Waals surface area contributed by atoms with Gasteiger partial charge in [-0.2, -0.15) is 0 Å². The zero-order valence-electron chi connectivity index (χ0n) is 12.2. The van der Waals surface area contributed by atoms with Crippen molar-refractivity contribution in [1.29, 1.82) is 0 Å². The van der Waals surface area contributed by atoms with Gasteiger partial charge in [0.1, 0.15) is 11.4 Å². The zero-order chi connectivity index (χ0) is 15.7. The second kappa shape index (κ2) is 5.61. The highest BCUT2D eigenvalue weighted by molar-refractivity contribution is 6.02. The summed E-state index contributed by atoms with van der Waals surface area (Å²) in [7, 11) is 0. The number of rotatable bonds is 2. The first-order chi connectivity index (χ1) is 10.6. The molecule has 1 unspecified atom stereocenters. The summed E-state index contributed by atoms with van der Waals surface area (Å²) in [6.45, 7) is 0.589. The molecule has 0 aromatic heterocycles. The number of carboxylic acid groups (broad SMARTS) is 1. The van der Waals surface area contributed by atoms with Crippen molar-refractivity contribution in [2.45, 2.75) is 24.9 Å². The SMILES string of the molecule is O=C1c2ccccc2OC2(CCN(C(=O)O)CC2)C1CCO. The standard InChI is InChI=1S/C16H19NO5/c18-10-5-12-14(19)11-3-1-2-4-13(11)22-16(12)6-8-17(9-7-16)15(20)21/h1-4,12,18H,5-10H2,(H,20,21). The Kier molecular flexibility index (Phi) is 3.78. The van der Waals surface area contributed by atoms with Crippen molar-refractivity contribution < 1.29 is 24.5 Å². The van der Waals surface area contributed by atoms with Crippen LogP contribution in [0, 0.1) is 5.92 Å². The second-order valence-corrected chi connectivity index (χ2v) is 5.86. The van der Waals surface area contributed by atoms with Gasteiger partial charge < -0.3 is 19.8 Å². The van der Waals surface area contributed by atoms with E-state index >= 15 is 0 Å². The molecule has 118 valence electrons. The topological polar surface area (TPSA) is 87.1 Å². The molecular weight excluding hydrogens is 286 g/mol. The average Bonchev–Trinajstić information content (AvgIpc) is 2.52. The number of aliphatic hydroxyl groups is 1. The molecule has 0 radical (unpaired) electrons. The first-order valence-corrected chi connectivity index (χ1v) is 7.48. The normalized spacial score (nSPS) is 23.0. The summed E-state index contributed by atoms with van der Waals surface area (Å²) in [5, 5.41) is 18.4. The summed E-state index contributed by atoms with van der Waals surface area (Å²) in [5.74, 6) is 0.119. The Morgan fingerprint density at radius 1 is 1.32 bits per heavy atom. The molecule has 22 heavy (non-hydrogen) atoms. The van der Waals surface area contributed by atoms with E-state index in [1.807, 2.05) is 6.07 Å². The Morgan fingerprint density at radius 3 is 2.64 bits per heavy atom. The maximum Gasteiger partial charge on any atom is 0.407 e. The number of aliphatic hydroxyl groups excluding tert-OH is 1. The number of carbonyl (C=O) groups is 2. The molecule has 1 atom stereocenters. The lowest BCUT2D eigenvalue weighted by Gasteiger charge is -2.47. The Balaban J connectivity index is 1.93. The minimum Gasteiger partial charge on any atom is -0.486 e. The summed E-state index contributed by atoms with van der Waals surface area (Å²) in [5.41, 5.74) is -0.160. The molecule has 2 N–H and O–H groups in total. The second-order valence-electron chi connectivity index (χ2n) is 5.86. The number of likely N-dealkylation sites (tertiary alicyclic amines) is 1.